The van der Waals surface area contributed by atoms with Crippen molar-refractivity contribution in [2.75, 3.05) is 0 Å². The molecule has 0 aliphatic heterocycles. The Balaban J connectivity index is 3.30. The molecule has 0 fully saturated rings. The van der Waals surface area contributed by atoms with Gasteiger partial charge in [-0.2, -0.15) is 0 Å². The van der Waals surface area contributed by atoms with Crippen molar-refractivity contribution < 1.29 is 9.59 Å². The van der Waals surface area contributed by atoms with E-state index < -0.39 is 5.92 Å². The standard InChI is InChI=1S/C16H22O2/c1-11(17)14(12(2)18)15(16(3,4)5)13-9-7-6-8-10-13/h6-10,14-15H,1-5H3. The zero-order chi connectivity index (χ0) is 13.9. The number of hydrogen-bond donors (Lipinski definition) is 0. The molecule has 0 saturated heterocycles. The summed E-state index contributed by atoms with van der Waals surface area (Å²) in [7, 11) is 0. The summed E-state index contributed by atoms with van der Waals surface area (Å²) in [5, 5.41) is 0. The number of ketones is 2. The molecular formula is C16H22O2. The summed E-state index contributed by atoms with van der Waals surface area (Å²) in [6.45, 7) is 9.23. The van der Waals surface area contributed by atoms with Gasteiger partial charge in [0.2, 0.25) is 0 Å². The Hall–Kier alpha value is -1.44. The van der Waals surface area contributed by atoms with Gasteiger partial charge in [-0.3, -0.25) is 9.59 Å². The van der Waals surface area contributed by atoms with Crippen LogP contribution in [-0.4, -0.2) is 11.6 Å². The zero-order valence-electron chi connectivity index (χ0n) is 11.9. The van der Waals surface area contributed by atoms with Crippen LogP contribution in [0.25, 0.3) is 0 Å². The van der Waals surface area contributed by atoms with Gasteiger partial charge in [-0.15, -0.1) is 0 Å². The van der Waals surface area contributed by atoms with Crippen LogP contribution in [-0.2, 0) is 9.59 Å². The molecule has 0 aliphatic carbocycles. The average Bonchev–Trinajstić information content (AvgIpc) is 2.24. The third-order valence-corrected chi connectivity index (χ3v) is 3.30. The maximum atomic E-state index is 11.8. The molecule has 1 aromatic rings. The predicted molar refractivity (Wildman–Crippen MR) is 73.5 cm³/mol. The number of benzene rings is 1. The SMILES string of the molecule is CC(=O)C(C(C)=O)C(c1ccccc1)C(C)(C)C. The van der Waals surface area contributed by atoms with E-state index in [4.69, 9.17) is 0 Å². The smallest absolute Gasteiger partial charge is 0.140 e. The molecule has 0 heterocycles. The second-order valence-electron chi connectivity index (χ2n) is 5.95. The van der Waals surface area contributed by atoms with Crippen LogP contribution in [0.3, 0.4) is 0 Å². The van der Waals surface area contributed by atoms with Crippen LogP contribution >= 0.6 is 0 Å². The van der Waals surface area contributed by atoms with Gasteiger partial charge in [-0.25, -0.2) is 0 Å². The van der Waals surface area contributed by atoms with Gasteiger partial charge in [0.15, 0.2) is 0 Å². The highest BCUT2D eigenvalue weighted by atomic mass is 16.1. The quantitative estimate of drug-likeness (QED) is 0.760. The van der Waals surface area contributed by atoms with Crippen LogP contribution in [0.5, 0.6) is 0 Å². The fourth-order valence-corrected chi connectivity index (χ4v) is 2.61. The largest absolute Gasteiger partial charge is 0.299 e. The molecular weight excluding hydrogens is 224 g/mol. The Bertz CT molecular complexity index is 412. The number of carbonyl (C=O) groups excluding carboxylic acids is 2. The first-order valence-corrected chi connectivity index (χ1v) is 6.31. The molecule has 0 amide bonds. The summed E-state index contributed by atoms with van der Waals surface area (Å²) in [6, 6.07) is 9.83. The van der Waals surface area contributed by atoms with Crippen molar-refractivity contribution >= 4 is 11.6 Å². The molecule has 0 N–H and O–H groups in total. The molecule has 1 atom stereocenters. The van der Waals surface area contributed by atoms with Gasteiger partial charge < -0.3 is 0 Å². The number of rotatable bonds is 4. The average molecular weight is 246 g/mol. The predicted octanol–water partition coefficient (Wildman–Crippen LogP) is 3.61. The van der Waals surface area contributed by atoms with Crippen molar-refractivity contribution in [3.8, 4) is 0 Å². The minimum Gasteiger partial charge on any atom is -0.299 e. The van der Waals surface area contributed by atoms with Crippen LogP contribution in [0, 0.1) is 11.3 Å². The highest BCUT2D eigenvalue weighted by Crippen LogP contribution is 2.41. The van der Waals surface area contributed by atoms with Crippen molar-refractivity contribution in [2.45, 2.75) is 40.5 Å². The summed E-state index contributed by atoms with van der Waals surface area (Å²) >= 11 is 0. The lowest BCUT2D eigenvalue weighted by Gasteiger charge is -2.35. The van der Waals surface area contributed by atoms with E-state index in [0.717, 1.165) is 5.56 Å². The lowest BCUT2D eigenvalue weighted by molar-refractivity contribution is -0.132. The molecule has 0 spiro atoms. The fraction of sp³-hybridized carbons (Fsp3) is 0.500. The van der Waals surface area contributed by atoms with Crippen LogP contribution in [0.2, 0.25) is 0 Å². The molecule has 1 rings (SSSR count). The Kier molecular flexibility index (Phi) is 4.44. The highest BCUT2D eigenvalue weighted by molar-refractivity contribution is 6.01. The van der Waals surface area contributed by atoms with Crippen molar-refractivity contribution in [3.05, 3.63) is 35.9 Å². The van der Waals surface area contributed by atoms with E-state index in [1.807, 2.05) is 30.3 Å². The summed E-state index contributed by atoms with van der Waals surface area (Å²) in [4.78, 5) is 23.7. The zero-order valence-corrected chi connectivity index (χ0v) is 11.9. The van der Waals surface area contributed by atoms with E-state index in [1.165, 1.54) is 13.8 Å². The first-order valence-electron chi connectivity index (χ1n) is 6.31. The van der Waals surface area contributed by atoms with E-state index in [1.54, 1.807) is 0 Å². The minimum atomic E-state index is -0.549. The van der Waals surface area contributed by atoms with Gasteiger partial charge in [-0.1, -0.05) is 51.1 Å². The fourth-order valence-electron chi connectivity index (χ4n) is 2.61. The van der Waals surface area contributed by atoms with E-state index in [2.05, 4.69) is 20.8 Å². The molecule has 2 heteroatoms. The van der Waals surface area contributed by atoms with Gasteiger partial charge in [0, 0.05) is 5.92 Å². The summed E-state index contributed by atoms with van der Waals surface area (Å²) < 4.78 is 0. The summed E-state index contributed by atoms with van der Waals surface area (Å²) in [5.74, 6) is -0.723. The van der Waals surface area contributed by atoms with Crippen LogP contribution in [0.1, 0.15) is 46.1 Å². The Morgan fingerprint density at radius 3 is 1.72 bits per heavy atom. The second kappa shape index (κ2) is 5.47. The molecule has 98 valence electrons. The van der Waals surface area contributed by atoms with E-state index >= 15 is 0 Å². The molecule has 0 aliphatic rings. The Morgan fingerprint density at radius 1 is 0.944 bits per heavy atom. The van der Waals surface area contributed by atoms with Crippen LogP contribution in [0.4, 0.5) is 0 Å². The Morgan fingerprint density at radius 2 is 1.39 bits per heavy atom. The maximum absolute atomic E-state index is 11.8. The first-order chi connectivity index (χ1) is 8.25. The molecule has 2 nitrogen and oxygen atoms in total. The van der Waals surface area contributed by atoms with Crippen molar-refractivity contribution in [2.24, 2.45) is 11.3 Å². The molecule has 0 radical (unpaired) electrons. The number of hydrogen-bond acceptors (Lipinski definition) is 2. The maximum Gasteiger partial charge on any atom is 0.140 e. The second-order valence-corrected chi connectivity index (χ2v) is 5.95. The van der Waals surface area contributed by atoms with E-state index in [9.17, 15) is 9.59 Å². The van der Waals surface area contributed by atoms with E-state index in [-0.39, 0.29) is 22.9 Å². The van der Waals surface area contributed by atoms with E-state index in [0.29, 0.717) is 0 Å². The minimum absolute atomic E-state index is 0.0497. The molecule has 0 saturated carbocycles. The van der Waals surface area contributed by atoms with Crippen molar-refractivity contribution in [3.63, 3.8) is 0 Å². The lowest BCUT2D eigenvalue weighted by Crippen LogP contribution is -2.34. The van der Waals surface area contributed by atoms with Crippen molar-refractivity contribution in [1.29, 1.82) is 0 Å². The normalized spacial score (nSPS) is 13.4. The summed E-state index contributed by atoms with van der Waals surface area (Å²) in [6.07, 6.45) is 0. The van der Waals surface area contributed by atoms with Gasteiger partial charge in [0.25, 0.3) is 0 Å². The third-order valence-electron chi connectivity index (χ3n) is 3.30. The lowest BCUT2D eigenvalue weighted by atomic mass is 9.67. The summed E-state index contributed by atoms with van der Waals surface area (Å²) in [5.41, 5.74) is 0.920. The van der Waals surface area contributed by atoms with Crippen molar-refractivity contribution in [1.82, 2.24) is 0 Å². The van der Waals surface area contributed by atoms with Gasteiger partial charge in [-0.05, 0) is 24.8 Å². The number of carbonyl (C=O) groups is 2. The third kappa shape index (κ3) is 3.28. The monoisotopic (exact) mass is 246 g/mol. The first kappa shape index (κ1) is 14.6. The highest BCUT2D eigenvalue weighted by Gasteiger charge is 2.38. The molecule has 1 unspecified atom stereocenters. The molecule has 1 aromatic carbocycles. The van der Waals surface area contributed by atoms with Crippen LogP contribution in [0.15, 0.2) is 30.3 Å². The van der Waals surface area contributed by atoms with Gasteiger partial charge in [0.05, 0.1) is 5.92 Å². The number of Topliss-reactive ketones (excluding diaryl/α,β-unsaturated/α-hetero) is 2. The van der Waals surface area contributed by atoms with Gasteiger partial charge >= 0.3 is 0 Å². The molecule has 18 heavy (non-hydrogen) atoms. The topological polar surface area (TPSA) is 34.1 Å². The molecule has 0 bridgehead atoms. The van der Waals surface area contributed by atoms with Crippen LogP contribution < -0.4 is 0 Å². The Labute approximate surface area is 109 Å². The van der Waals surface area contributed by atoms with Gasteiger partial charge in [0.1, 0.15) is 11.6 Å². The molecule has 0 aromatic heterocycles.